The van der Waals surface area contributed by atoms with E-state index in [0.29, 0.717) is 50.0 Å². The molecule has 0 aliphatic carbocycles. The van der Waals surface area contributed by atoms with Gasteiger partial charge >= 0.3 is 6.09 Å². The third kappa shape index (κ3) is 5.82. The Labute approximate surface area is 265 Å². The minimum atomic E-state index is -2.61. The fourth-order valence-corrected chi connectivity index (χ4v) is 7.50. The van der Waals surface area contributed by atoms with E-state index in [1.165, 1.54) is 0 Å². The summed E-state index contributed by atoms with van der Waals surface area (Å²) in [5.41, 5.74) is 4.31. The number of aromatic nitrogens is 2. The van der Waals surface area contributed by atoms with Gasteiger partial charge in [0.1, 0.15) is 6.61 Å². The van der Waals surface area contributed by atoms with Crippen LogP contribution in [0.1, 0.15) is 80.4 Å². The molecule has 2 aromatic carbocycles. The number of fused-ring (bicyclic) bond motifs is 2. The number of benzene rings is 2. The zero-order valence-electron chi connectivity index (χ0n) is 25.4. The zero-order valence-corrected chi connectivity index (χ0v) is 26.9. The molecule has 0 N–H and O–H groups in total. The summed E-state index contributed by atoms with van der Waals surface area (Å²) in [6.07, 6.45) is 0.138. The number of aryl methyl sites for hydroxylation is 1. The molecule has 0 unspecified atom stereocenters. The lowest BCUT2D eigenvalue weighted by Gasteiger charge is -2.40. The Morgan fingerprint density at radius 3 is 2.50 bits per heavy atom. The van der Waals surface area contributed by atoms with Gasteiger partial charge in [-0.05, 0) is 48.9 Å². The van der Waals surface area contributed by atoms with E-state index in [2.05, 4.69) is 39.4 Å². The van der Waals surface area contributed by atoms with Crippen molar-refractivity contribution in [3.8, 4) is 0 Å². The van der Waals surface area contributed by atoms with E-state index in [4.69, 9.17) is 9.84 Å². The third-order valence-corrected chi connectivity index (χ3v) is 9.78. The number of nitrogens with zero attached hydrogens (tertiary/aromatic N) is 5. The van der Waals surface area contributed by atoms with Crippen LogP contribution >= 0.6 is 15.9 Å². The lowest BCUT2D eigenvalue weighted by molar-refractivity contribution is -0.130. The van der Waals surface area contributed by atoms with Crippen molar-refractivity contribution in [1.82, 2.24) is 19.6 Å². The molecule has 1 aromatic heterocycles. The Kier molecular flexibility index (Phi) is 8.43. The summed E-state index contributed by atoms with van der Waals surface area (Å²) < 4.78 is 36.0. The SMILES string of the molecule is CC(=O)N1Cc2c(N3CCCc4cc(Br)c(C(F)F)cc43)nn(C3CCN(C(=O)OCc4ccccc4)CC3)c2C(C)(C)C1. The van der Waals surface area contributed by atoms with E-state index in [1.54, 1.807) is 17.9 Å². The number of anilines is 2. The van der Waals surface area contributed by atoms with Gasteiger partial charge in [-0.2, -0.15) is 5.10 Å². The highest BCUT2D eigenvalue weighted by Gasteiger charge is 2.42. The highest BCUT2D eigenvalue weighted by atomic mass is 79.9. The van der Waals surface area contributed by atoms with Crippen LogP contribution in [0.2, 0.25) is 0 Å². The molecule has 234 valence electrons. The quantitative estimate of drug-likeness (QED) is 0.286. The molecule has 0 spiro atoms. The Morgan fingerprint density at radius 1 is 1.09 bits per heavy atom. The molecule has 1 fully saturated rings. The second-order valence-corrected chi connectivity index (χ2v) is 13.5. The molecule has 3 aromatic rings. The first-order valence-electron chi connectivity index (χ1n) is 15.2. The van der Waals surface area contributed by atoms with Crippen LogP contribution in [0.5, 0.6) is 0 Å². The fourth-order valence-electron chi connectivity index (χ4n) is 6.93. The molecule has 44 heavy (non-hydrogen) atoms. The highest BCUT2D eigenvalue weighted by Crippen LogP contribution is 2.45. The maximum Gasteiger partial charge on any atom is 0.410 e. The van der Waals surface area contributed by atoms with Crippen LogP contribution in [-0.4, -0.2) is 57.8 Å². The number of carbonyl (C=O) groups excluding carboxylic acids is 2. The smallest absolute Gasteiger partial charge is 0.410 e. The molecular weight excluding hydrogens is 632 g/mol. The Bertz CT molecular complexity index is 1550. The van der Waals surface area contributed by atoms with Crippen LogP contribution in [0, 0.1) is 0 Å². The molecule has 6 rings (SSSR count). The topological polar surface area (TPSA) is 70.9 Å². The summed E-state index contributed by atoms with van der Waals surface area (Å²) in [5.74, 6) is 0.722. The van der Waals surface area contributed by atoms with Gasteiger partial charge in [-0.15, -0.1) is 0 Å². The molecule has 0 radical (unpaired) electrons. The van der Waals surface area contributed by atoms with Gasteiger partial charge in [-0.25, -0.2) is 13.6 Å². The zero-order chi connectivity index (χ0) is 31.2. The highest BCUT2D eigenvalue weighted by molar-refractivity contribution is 9.10. The van der Waals surface area contributed by atoms with Crippen molar-refractivity contribution in [2.45, 2.75) is 77.5 Å². The maximum atomic E-state index is 14.0. The predicted molar refractivity (Wildman–Crippen MR) is 167 cm³/mol. The van der Waals surface area contributed by atoms with Crippen molar-refractivity contribution in [1.29, 1.82) is 0 Å². The van der Waals surface area contributed by atoms with Crippen LogP contribution < -0.4 is 4.90 Å². The third-order valence-electron chi connectivity index (χ3n) is 9.09. The minimum absolute atomic E-state index is 0.00675. The largest absolute Gasteiger partial charge is 0.445 e. The predicted octanol–water partition coefficient (Wildman–Crippen LogP) is 7.28. The molecule has 3 aliphatic heterocycles. The number of ether oxygens (including phenoxy) is 1. The lowest BCUT2D eigenvalue weighted by atomic mass is 9.82. The molecule has 11 heteroatoms. The van der Waals surface area contributed by atoms with Crippen LogP contribution in [0.15, 0.2) is 46.9 Å². The standard InChI is InChI=1S/C33H38BrF2N5O3/c1-21(42)39-18-26-29(33(2,3)20-39)41(24-11-14-38(15-12-24)32(43)44-19-22-8-5-4-6-9-22)37-31(26)40-13-7-10-23-16-27(34)25(30(35)36)17-28(23)40/h4-6,8-9,16-17,24,30H,7,10-15,18-20H2,1-3H3. The summed E-state index contributed by atoms with van der Waals surface area (Å²) in [6, 6.07) is 13.1. The molecule has 0 saturated carbocycles. The molecule has 8 nitrogen and oxygen atoms in total. The van der Waals surface area contributed by atoms with Gasteiger partial charge in [-0.1, -0.05) is 60.1 Å². The van der Waals surface area contributed by atoms with Gasteiger partial charge in [-0.3, -0.25) is 9.48 Å². The van der Waals surface area contributed by atoms with Crippen molar-refractivity contribution in [3.63, 3.8) is 0 Å². The van der Waals surface area contributed by atoms with Crippen molar-refractivity contribution in [2.24, 2.45) is 0 Å². The first-order valence-corrected chi connectivity index (χ1v) is 16.0. The number of likely N-dealkylation sites (tertiary alicyclic amines) is 1. The number of hydrogen-bond donors (Lipinski definition) is 0. The Hall–Kier alpha value is -3.47. The number of carbonyl (C=O) groups is 2. The first kappa shape index (κ1) is 30.6. The van der Waals surface area contributed by atoms with E-state index in [0.717, 1.165) is 46.7 Å². The van der Waals surface area contributed by atoms with Crippen molar-refractivity contribution >= 4 is 39.4 Å². The van der Waals surface area contributed by atoms with E-state index in [9.17, 15) is 18.4 Å². The molecule has 0 bridgehead atoms. The van der Waals surface area contributed by atoms with Crippen LogP contribution in [0.4, 0.5) is 25.1 Å². The van der Waals surface area contributed by atoms with E-state index < -0.39 is 6.43 Å². The summed E-state index contributed by atoms with van der Waals surface area (Å²) in [7, 11) is 0. The number of amides is 2. The lowest BCUT2D eigenvalue weighted by Crippen LogP contribution is -2.46. The van der Waals surface area contributed by atoms with Crippen molar-refractivity contribution in [2.75, 3.05) is 31.1 Å². The molecular formula is C33H38BrF2N5O3. The van der Waals surface area contributed by atoms with Crippen molar-refractivity contribution in [3.05, 3.63) is 74.9 Å². The fraction of sp³-hybridized carbons (Fsp3) is 0.485. The Balaban J connectivity index is 1.31. The average Bonchev–Trinajstić information content (AvgIpc) is 3.40. The molecule has 4 heterocycles. The number of alkyl halides is 2. The minimum Gasteiger partial charge on any atom is -0.445 e. The van der Waals surface area contributed by atoms with Gasteiger partial charge in [0.2, 0.25) is 5.91 Å². The van der Waals surface area contributed by atoms with Gasteiger partial charge in [0.05, 0.1) is 18.3 Å². The van der Waals surface area contributed by atoms with Crippen LogP contribution in [-0.2, 0) is 34.5 Å². The summed E-state index contributed by atoms with van der Waals surface area (Å²) in [6.45, 7) is 8.79. The van der Waals surface area contributed by atoms with E-state index in [-0.39, 0.29) is 35.6 Å². The van der Waals surface area contributed by atoms with Crippen LogP contribution in [0.25, 0.3) is 0 Å². The summed E-state index contributed by atoms with van der Waals surface area (Å²) in [4.78, 5) is 31.2. The van der Waals surface area contributed by atoms with Gasteiger partial charge in [0.15, 0.2) is 5.82 Å². The van der Waals surface area contributed by atoms with E-state index >= 15 is 0 Å². The molecule has 0 atom stereocenters. The van der Waals surface area contributed by atoms with Crippen molar-refractivity contribution < 1.29 is 23.1 Å². The van der Waals surface area contributed by atoms with Gasteiger partial charge in [0.25, 0.3) is 6.43 Å². The number of piperidine rings is 1. The normalized spacial score (nSPS) is 18.3. The second-order valence-electron chi connectivity index (χ2n) is 12.7. The molecule has 1 saturated heterocycles. The first-order chi connectivity index (χ1) is 21.0. The summed E-state index contributed by atoms with van der Waals surface area (Å²) >= 11 is 3.34. The Morgan fingerprint density at radius 2 is 1.82 bits per heavy atom. The van der Waals surface area contributed by atoms with Gasteiger partial charge in [0, 0.05) is 59.8 Å². The van der Waals surface area contributed by atoms with Gasteiger partial charge < -0.3 is 19.4 Å². The average molecular weight is 671 g/mol. The second kappa shape index (κ2) is 12.1. The number of halogens is 3. The monoisotopic (exact) mass is 669 g/mol. The number of rotatable bonds is 5. The van der Waals surface area contributed by atoms with E-state index in [1.807, 2.05) is 41.3 Å². The summed E-state index contributed by atoms with van der Waals surface area (Å²) in [5, 5.41) is 5.24. The van der Waals surface area contributed by atoms with Crippen LogP contribution in [0.3, 0.4) is 0 Å². The maximum absolute atomic E-state index is 14.0. The number of hydrogen-bond acceptors (Lipinski definition) is 5. The molecule has 2 amide bonds. The molecule has 3 aliphatic rings.